The molecule has 0 spiro atoms. The van der Waals surface area contributed by atoms with Gasteiger partial charge in [0.1, 0.15) is 11.1 Å². The summed E-state index contributed by atoms with van der Waals surface area (Å²) in [6, 6.07) is 2.09. The van der Waals surface area contributed by atoms with Crippen LogP contribution in [0.25, 0.3) is 0 Å². The van der Waals surface area contributed by atoms with E-state index in [1.54, 1.807) is 23.7 Å². The molecule has 0 amide bonds. The first-order chi connectivity index (χ1) is 8.35. The third kappa shape index (κ3) is 2.57. The summed E-state index contributed by atoms with van der Waals surface area (Å²) in [5.74, 6) is 0.511. The molecule has 86 valence electrons. The van der Waals surface area contributed by atoms with Gasteiger partial charge in [-0.2, -0.15) is 5.26 Å². The second-order valence-corrected chi connectivity index (χ2v) is 4.27. The van der Waals surface area contributed by atoms with Gasteiger partial charge in [0.05, 0.1) is 6.04 Å². The van der Waals surface area contributed by atoms with Crippen LogP contribution in [-0.2, 0) is 0 Å². The molecule has 2 aromatic heterocycles. The van der Waals surface area contributed by atoms with Crippen LogP contribution in [0.4, 0.5) is 5.82 Å². The Kier molecular flexibility index (Phi) is 3.62. The lowest BCUT2D eigenvalue weighted by atomic mass is 10.2. The third-order valence-electron chi connectivity index (χ3n) is 2.27. The number of hydrogen-bond donors (Lipinski definition) is 1. The summed E-state index contributed by atoms with van der Waals surface area (Å²) in [5.41, 5.74) is 0.308. The first-order valence-corrected chi connectivity index (χ1v) is 6.10. The average Bonchev–Trinajstić information content (AvgIpc) is 2.90. The van der Waals surface area contributed by atoms with Gasteiger partial charge in [-0.25, -0.2) is 15.0 Å². The highest BCUT2D eigenvalue weighted by molar-refractivity contribution is 7.09. The molecule has 0 saturated carbocycles. The number of rotatable bonds is 4. The highest BCUT2D eigenvalue weighted by atomic mass is 32.1. The number of hydrogen-bond acceptors (Lipinski definition) is 6. The minimum Gasteiger partial charge on any atom is -0.358 e. The van der Waals surface area contributed by atoms with Crippen molar-refractivity contribution >= 4 is 17.2 Å². The van der Waals surface area contributed by atoms with Crippen LogP contribution in [-0.4, -0.2) is 15.0 Å². The van der Waals surface area contributed by atoms with Crippen LogP contribution in [0.3, 0.4) is 0 Å². The fourth-order valence-electron chi connectivity index (χ4n) is 1.44. The summed E-state index contributed by atoms with van der Waals surface area (Å²) in [6.07, 6.45) is 5.72. The maximum Gasteiger partial charge on any atom is 0.182 e. The van der Waals surface area contributed by atoms with Crippen LogP contribution in [0.15, 0.2) is 24.0 Å². The molecule has 0 saturated heterocycles. The lowest BCUT2D eigenvalue weighted by Crippen LogP contribution is -2.12. The highest BCUT2D eigenvalue weighted by Crippen LogP contribution is 2.23. The van der Waals surface area contributed by atoms with Crippen molar-refractivity contribution in [1.29, 1.82) is 5.26 Å². The van der Waals surface area contributed by atoms with Gasteiger partial charge in [0.15, 0.2) is 11.5 Å². The topological polar surface area (TPSA) is 74.5 Å². The second kappa shape index (κ2) is 5.37. The molecule has 5 nitrogen and oxygen atoms in total. The van der Waals surface area contributed by atoms with E-state index in [0.29, 0.717) is 11.5 Å². The minimum atomic E-state index is 0.0683. The Balaban J connectivity index is 2.22. The van der Waals surface area contributed by atoms with Crippen LogP contribution >= 0.6 is 11.3 Å². The predicted molar refractivity (Wildman–Crippen MR) is 65.5 cm³/mol. The molecule has 2 rings (SSSR count). The Morgan fingerprint density at radius 3 is 2.82 bits per heavy atom. The molecule has 1 N–H and O–H groups in total. The van der Waals surface area contributed by atoms with E-state index in [-0.39, 0.29) is 6.04 Å². The molecule has 0 aromatic carbocycles. The molecule has 0 fully saturated rings. The molecule has 1 atom stereocenters. The minimum absolute atomic E-state index is 0.0683. The quantitative estimate of drug-likeness (QED) is 0.895. The lowest BCUT2D eigenvalue weighted by Gasteiger charge is -2.15. The summed E-state index contributed by atoms with van der Waals surface area (Å²) < 4.78 is 0. The molecule has 0 radical (unpaired) electrons. The van der Waals surface area contributed by atoms with Gasteiger partial charge in [-0.1, -0.05) is 6.92 Å². The zero-order valence-corrected chi connectivity index (χ0v) is 10.1. The van der Waals surface area contributed by atoms with E-state index in [0.717, 1.165) is 11.4 Å². The van der Waals surface area contributed by atoms with E-state index in [9.17, 15) is 0 Å². The predicted octanol–water partition coefficient (Wildman–Crippen LogP) is 2.37. The molecule has 2 heterocycles. The highest BCUT2D eigenvalue weighted by Gasteiger charge is 2.14. The van der Waals surface area contributed by atoms with Crippen molar-refractivity contribution in [1.82, 2.24) is 15.0 Å². The number of nitriles is 1. The van der Waals surface area contributed by atoms with Crippen LogP contribution in [0.5, 0.6) is 0 Å². The fourth-order valence-corrected chi connectivity index (χ4v) is 2.21. The largest absolute Gasteiger partial charge is 0.358 e. The molecule has 1 unspecified atom stereocenters. The molecule has 0 bridgehead atoms. The first kappa shape index (κ1) is 11.5. The SMILES string of the molecule is CCC(Nc1nccnc1C#N)c1nccs1. The monoisotopic (exact) mass is 245 g/mol. The summed E-state index contributed by atoms with van der Waals surface area (Å²) in [4.78, 5) is 12.4. The molecule has 17 heavy (non-hydrogen) atoms. The van der Waals surface area contributed by atoms with Gasteiger partial charge in [0.2, 0.25) is 0 Å². The smallest absolute Gasteiger partial charge is 0.182 e. The third-order valence-corrected chi connectivity index (χ3v) is 3.16. The van der Waals surface area contributed by atoms with Crippen molar-refractivity contribution in [2.24, 2.45) is 0 Å². The van der Waals surface area contributed by atoms with Crippen molar-refractivity contribution in [3.05, 3.63) is 34.7 Å². The van der Waals surface area contributed by atoms with Gasteiger partial charge >= 0.3 is 0 Å². The Labute approximate surface area is 103 Å². The Morgan fingerprint density at radius 1 is 1.35 bits per heavy atom. The van der Waals surface area contributed by atoms with E-state index in [1.807, 2.05) is 11.4 Å². The number of anilines is 1. The van der Waals surface area contributed by atoms with Gasteiger partial charge in [0.25, 0.3) is 0 Å². The van der Waals surface area contributed by atoms with Gasteiger partial charge in [-0.3, -0.25) is 0 Å². The number of nitrogens with one attached hydrogen (secondary N) is 1. The van der Waals surface area contributed by atoms with Crippen molar-refractivity contribution in [3.63, 3.8) is 0 Å². The van der Waals surface area contributed by atoms with Crippen molar-refractivity contribution in [2.45, 2.75) is 19.4 Å². The molecule has 0 aliphatic carbocycles. The maximum absolute atomic E-state index is 8.93. The van der Waals surface area contributed by atoms with Crippen molar-refractivity contribution in [3.8, 4) is 6.07 Å². The number of thiazole rings is 1. The van der Waals surface area contributed by atoms with Crippen molar-refractivity contribution < 1.29 is 0 Å². The average molecular weight is 245 g/mol. The molecular weight excluding hydrogens is 234 g/mol. The Bertz CT molecular complexity index is 517. The number of nitrogens with zero attached hydrogens (tertiary/aromatic N) is 4. The zero-order valence-electron chi connectivity index (χ0n) is 9.29. The Morgan fingerprint density at radius 2 is 2.18 bits per heavy atom. The first-order valence-electron chi connectivity index (χ1n) is 5.22. The second-order valence-electron chi connectivity index (χ2n) is 3.34. The summed E-state index contributed by atoms with van der Waals surface area (Å²) >= 11 is 1.58. The fraction of sp³-hybridized carbons (Fsp3) is 0.273. The Hall–Kier alpha value is -2.00. The van der Waals surface area contributed by atoms with Gasteiger partial charge in [-0.15, -0.1) is 11.3 Å². The van der Waals surface area contributed by atoms with Gasteiger partial charge in [-0.05, 0) is 6.42 Å². The lowest BCUT2D eigenvalue weighted by molar-refractivity contribution is 0.736. The van der Waals surface area contributed by atoms with E-state index < -0.39 is 0 Å². The van der Waals surface area contributed by atoms with Crippen LogP contribution in [0.2, 0.25) is 0 Å². The van der Waals surface area contributed by atoms with E-state index in [1.165, 1.54) is 6.20 Å². The van der Waals surface area contributed by atoms with Crippen LogP contribution in [0.1, 0.15) is 30.1 Å². The van der Waals surface area contributed by atoms with Crippen molar-refractivity contribution in [2.75, 3.05) is 5.32 Å². The molecular formula is C11H11N5S. The summed E-state index contributed by atoms with van der Waals surface area (Å²) in [5, 5.41) is 15.1. The molecule has 0 aliphatic rings. The van der Waals surface area contributed by atoms with E-state index in [4.69, 9.17) is 5.26 Å². The van der Waals surface area contributed by atoms with E-state index >= 15 is 0 Å². The molecule has 2 aromatic rings. The van der Waals surface area contributed by atoms with E-state index in [2.05, 4.69) is 27.2 Å². The summed E-state index contributed by atoms with van der Waals surface area (Å²) in [6.45, 7) is 2.06. The van der Waals surface area contributed by atoms with Crippen LogP contribution < -0.4 is 5.32 Å². The standard InChI is InChI=1S/C11H11N5S/c1-2-8(11-15-5-6-17-11)16-10-9(7-12)13-3-4-14-10/h3-6,8H,2H2,1H3,(H,14,16). The van der Waals surface area contributed by atoms with Crippen LogP contribution in [0, 0.1) is 11.3 Å². The van der Waals surface area contributed by atoms with Gasteiger partial charge in [0, 0.05) is 24.0 Å². The maximum atomic E-state index is 8.93. The number of aromatic nitrogens is 3. The molecule has 6 heteroatoms. The molecule has 0 aliphatic heterocycles. The zero-order chi connectivity index (χ0) is 12.1. The summed E-state index contributed by atoms with van der Waals surface area (Å²) in [7, 11) is 0. The van der Waals surface area contributed by atoms with Gasteiger partial charge < -0.3 is 5.32 Å². The normalized spacial score (nSPS) is 11.8.